The molecule has 0 fully saturated rings. The summed E-state index contributed by atoms with van der Waals surface area (Å²) in [5.74, 6) is 0.644. The van der Waals surface area contributed by atoms with Crippen molar-refractivity contribution in [3.63, 3.8) is 0 Å². The van der Waals surface area contributed by atoms with Crippen LogP contribution in [0.1, 0.15) is 31.4 Å². The van der Waals surface area contributed by atoms with Crippen molar-refractivity contribution in [1.29, 1.82) is 0 Å². The maximum absolute atomic E-state index is 12.6. The van der Waals surface area contributed by atoms with Crippen LogP contribution in [0.15, 0.2) is 29.3 Å². The van der Waals surface area contributed by atoms with Crippen LogP contribution in [0.4, 0.5) is 13.2 Å². The van der Waals surface area contributed by atoms with E-state index in [4.69, 9.17) is 0 Å². The van der Waals surface area contributed by atoms with Crippen LogP contribution in [0.25, 0.3) is 0 Å². The van der Waals surface area contributed by atoms with Gasteiger partial charge < -0.3 is 10.2 Å². The molecule has 0 aliphatic carbocycles. The Hall–Kier alpha value is -1.08. The summed E-state index contributed by atoms with van der Waals surface area (Å²) < 4.78 is 63.1. The van der Waals surface area contributed by atoms with E-state index in [1.54, 1.807) is 14.0 Å². The topological polar surface area (TPSA) is 73.8 Å². The minimum Gasteiger partial charge on any atom is -0.357 e. The summed E-state index contributed by atoms with van der Waals surface area (Å²) in [5.41, 5.74) is 0.0517. The molecule has 11 heteroatoms. The molecule has 28 heavy (non-hydrogen) atoms. The third-order valence-corrected chi connectivity index (χ3v) is 5.10. The Morgan fingerprint density at radius 1 is 1.18 bits per heavy atom. The fourth-order valence-electron chi connectivity index (χ4n) is 2.21. The van der Waals surface area contributed by atoms with Crippen molar-refractivity contribution in [1.82, 2.24) is 14.9 Å². The summed E-state index contributed by atoms with van der Waals surface area (Å²) in [6.07, 6.45) is -3.80. The van der Waals surface area contributed by atoms with Crippen LogP contribution in [-0.4, -0.2) is 51.7 Å². The lowest BCUT2D eigenvalue weighted by molar-refractivity contribution is -0.137. The first-order chi connectivity index (χ1) is 12.6. The first kappa shape index (κ1) is 26.9. The molecule has 1 aromatic carbocycles. The second kappa shape index (κ2) is 12.5. The number of aliphatic imine (C=N–C) groups is 1. The van der Waals surface area contributed by atoms with Crippen LogP contribution in [0.2, 0.25) is 0 Å². The Morgan fingerprint density at radius 2 is 1.79 bits per heavy atom. The predicted molar refractivity (Wildman–Crippen MR) is 116 cm³/mol. The zero-order valence-electron chi connectivity index (χ0n) is 16.2. The van der Waals surface area contributed by atoms with E-state index in [2.05, 4.69) is 15.0 Å². The molecule has 0 amide bonds. The highest BCUT2D eigenvalue weighted by molar-refractivity contribution is 14.0. The van der Waals surface area contributed by atoms with E-state index >= 15 is 0 Å². The summed E-state index contributed by atoms with van der Waals surface area (Å²) in [6.45, 7) is 5.25. The third-order valence-electron chi connectivity index (χ3n) is 3.70. The number of rotatable bonds is 9. The lowest BCUT2D eigenvalue weighted by atomic mass is 10.1. The number of halogens is 4. The van der Waals surface area contributed by atoms with E-state index in [9.17, 15) is 21.6 Å². The van der Waals surface area contributed by atoms with E-state index in [0.717, 1.165) is 17.7 Å². The highest BCUT2D eigenvalue weighted by Gasteiger charge is 2.29. The summed E-state index contributed by atoms with van der Waals surface area (Å²) in [7, 11) is -1.42. The van der Waals surface area contributed by atoms with Gasteiger partial charge in [-0.05, 0) is 38.0 Å². The van der Waals surface area contributed by atoms with Crippen LogP contribution < -0.4 is 10.0 Å². The average molecular weight is 536 g/mol. The van der Waals surface area contributed by atoms with Crippen molar-refractivity contribution >= 4 is 40.0 Å². The predicted octanol–water partition coefficient (Wildman–Crippen LogP) is 3.05. The molecule has 0 bridgehead atoms. The van der Waals surface area contributed by atoms with Gasteiger partial charge in [-0.1, -0.05) is 12.1 Å². The van der Waals surface area contributed by atoms with Crippen molar-refractivity contribution in [2.45, 2.75) is 33.0 Å². The maximum Gasteiger partial charge on any atom is 0.416 e. The Balaban J connectivity index is 0.00000729. The average Bonchev–Trinajstić information content (AvgIpc) is 2.60. The Labute approximate surface area is 182 Å². The van der Waals surface area contributed by atoms with Crippen molar-refractivity contribution in [2.24, 2.45) is 4.99 Å². The number of alkyl halides is 3. The first-order valence-corrected chi connectivity index (χ1v) is 10.4. The number of benzene rings is 1. The van der Waals surface area contributed by atoms with Gasteiger partial charge in [0, 0.05) is 33.2 Å². The number of guanidine groups is 1. The minimum absolute atomic E-state index is 0. The van der Waals surface area contributed by atoms with Crippen molar-refractivity contribution in [3.05, 3.63) is 35.4 Å². The van der Waals surface area contributed by atoms with Gasteiger partial charge in [-0.25, -0.2) is 13.1 Å². The molecule has 2 N–H and O–H groups in total. The summed E-state index contributed by atoms with van der Waals surface area (Å²) in [6, 6.07) is 5.02. The van der Waals surface area contributed by atoms with Crippen molar-refractivity contribution < 1.29 is 21.6 Å². The molecule has 0 radical (unpaired) electrons. The molecule has 0 spiro atoms. The fraction of sp³-hybridized carbons (Fsp3) is 0.588. The molecule has 0 atom stereocenters. The van der Waals surface area contributed by atoms with Gasteiger partial charge in [0.15, 0.2) is 5.96 Å². The molecule has 0 aliphatic rings. The molecule has 6 nitrogen and oxygen atoms in total. The molecule has 0 heterocycles. The van der Waals surface area contributed by atoms with Gasteiger partial charge in [0.25, 0.3) is 0 Å². The number of hydrogen-bond donors (Lipinski definition) is 2. The minimum atomic E-state index is -4.35. The van der Waals surface area contributed by atoms with Crippen molar-refractivity contribution in [2.75, 3.05) is 32.4 Å². The van der Waals surface area contributed by atoms with E-state index in [0.29, 0.717) is 38.6 Å². The van der Waals surface area contributed by atoms with Gasteiger partial charge >= 0.3 is 6.18 Å². The highest BCUT2D eigenvalue weighted by Crippen LogP contribution is 2.29. The van der Waals surface area contributed by atoms with Crippen LogP contribution in [-0.2, 0) is 22.7 Å². The zero-order valence-corrected chi connectivity index (χ0v) is 19.4. The Bertz CT molecular complexity index is 710. The fourth-order valence-corrected chi connectivity index (χ4v) is 2.87. The van der Waals surface area contributed by atoms with Gasteiger partial charge in [-0.2, -0.15) is 13.2 Å². The quantitative estimate of drug-likeness (QED) is 0.220. The van der Waals surface area contributed by atoms with E-state index in [-0.39, 0.29) is 29.7 Å². The van der Waals surface area contributed by atoms with Crippen LogP contribution >= 0.6 is 24.0 Å². The molecule has 0 saturated heterocycles. The second-order valence-corrected chi connectivity index (χ2v) is 8.03. The van der Waals surface area contributed by atoms with Gasteiger partial charge in [0.2, 0.25) is 10.0 Å². The molecule has 0 aliphatic heterocycles. The molecule has 1 aromatic rings. The first-order valence-electron chi connectivity index (χ1n) is 8.72. The maximum atomic E-state index is 12.6. The van der Waals surface area contributed by atoms with E-state index in [1.165, 1.54) is 12.1 Å². The van der Waals surface area contributed by atoms with E-state index < -0.39 is 21.8 Å². The largest absolute Gasteiger partial charge is 0.416 e. The summed E-state index contributed by atoms with van der Waals surface area (Å²) in [4.78, 5) is 6.24. The second-order valence-electron chi connectivity index (χ2n) is 5.94. The van der Waals surface area contributed by atoms with Crippen LogP contribution in [0.3, 0.4) is 0 Å². The SMILES string of the molecule is CCNC(=NCCCNS(=O)(=O)CC)N(C)Cc1ccc(C(F)(F)F)cc1.I. The lowest BCUT2D eigenvalue weighted by Crippen LogP contribution is -2.38. The van der Waals surface area contributed by atoms with E-state index in [1.807, 2.05) is 11.8 Å². The molecule has 0 saturated carbocycles. The van der Waals surface area contributed by atoms with Gasteiger partial charge in [0.05, 0.1) is 11.3 Å². The van der Waals surface area contributed by atoms with Crippen LogP contribution in [0.5, 0.6) is 0 Å². The monoisotopic (exact) mass is 536 g/mol. The smallest absolute Gasteiger partial charge is 0.357 e. The number of nitrogens with one attached hydrogen (secondary N) is 2. The Kier molecular flexibility index (Phi) is 12.0. The lowest BCUT2D eigenvalue weighted by Gasteiger charge is -2.22. The number of sulfonamides is 1. The molecular weight excluding hydrogens is 508 g/mol. The normalized spacial score (nSPS) is 12.4. The highest BCUT2D eigenvalue weighted by atomic mass is 127. The molecule has 0 aromatic heterocycles. The molecule has 0 unspecified atom stereocenters. The Morgan fingerprint density at radius 3 is 2.29 bits per heavy atom. The number of hydrogen-bond acceptors (Lipinski definition) is 3. The standard InChI is InChI=1S/C17H27F3N4O2S.HI/c1-4-21-16(22-11-6-12-23-27(25,26)5-2)24(3)13-14-7-9-15(10-8-14)17(18,19)20;/h7-10,23H,4-6,11-13H2,1-3H3,(H,21,22);1H. The van der Waals surface area contributed by atoms with Crippen molar-refractivity contribution in [3.8, 4) is 0 Å². The molecular formula is C17H28F3IN4O2S. The van der Waals surface area contributed by atoms with Crippen LogP contribution in [0, 0.1) is 0 Å². The molecule has 162 valence electrons. The van der Waals surface area contributed by atoms with Gasteiger partial charge in [-0.3, -0.25) is 4.99 Å². The van der Waals surface area contributed by atoms with Gasteiger partial charge in [-0.15, -0.1) is 24.0 Å². The summed E-state index contributed by atoms with van der Waals surface area (Å²) >= 11 is 0. The zero-order chi connectivity index (χ0) is 20.5. The summed E-state index contributed by atoms with van der Waals surface area (Å²) in [5, 5.41) is 3.11. The number of nitrogens with zero attached hydrogens (tertiary/aromatic N) is 2. The molecule has 1 rings (SSSR count). The third kappa shape index (κ3) is 9.92. The van der Waals surface area contributed by atoms with Gasteiger partial charge in [0.1, 0.15) is 0 Å².